The number of halogens is 3. The molecule has 0 aliphatic rings. The number of alkyl halides is 3. The fourth-order valence-corrected chi connectivity index (χ4v) is 2.98. The zero-order valence-electron chi connectivity index (χ0n) is 15.8. The van der Waals surface area contributed by atoms with E-state index in [0.29, 0.717) is 17.9 Å². The summed E-state index contributed by atoms with van der Waals surface area (Å²) in [5, 5.41) is 3.43. The Labute approximate surface area is 160 Å². The van der Waals surface area contributed by atoms with Crippen molar-refractivity contribution in [3.8, 4) is 17.1 Å². The van der Waals surface area contributed by atoms with E-state index in [9.17, 15) is 13.2 Å². The lowest BCUT2D eigenvalue weighted by atomic mass is 10.1. The minimum absolute atomic E-state index is 0.0999. The Bertz CT molecular complexity index is 944. The van der Waals surface area contributed by atoms with E-state index in [4.69, 9.17) is 4.74 Å². The summed E-state index contributed by atoms with van der Waals surface area (Å²) in [4.78, 5) is 7.70. The molecule has 0 saturated heterocycles. The van der Waals surface area contributed by atoms with Gasteiger partial charge in [-0.15, -0.1) is 0 Å². The molecule has 0 N–H and O–H groups in total. The van der Waals surface area contributed by atoms with E-state index in [1.165, 1.54) is 5.56 Å². The Balaban J connectivity index is 1.67. The van der Waals surface area contributed by atoms with Gasteiger partial charge in [0.25, 0.3) is 0 Å². The largest absolute Gasteiger partial charge is 0.493 e. The second kappa shape index (κ2) is 8.00. The molecule has 8 heteroatoms. The van der Waals surface area contributed by atoms with E-state index in [1.807, 2.05) is 32.9 Å². The monoisotopic (exact) mass is 391 g/mol. The van der Waals surface area contributed by atoms with Gasteiger partial charge in [-0.25, -0.2) is 0 Å². The van der Waals surface area contributed by atoms with Crippen LogP contribution in [0.25, 0.3) is 11.4 Å². The smallest absolute Gasteiger partial charge is 0.471 e. The first-order valence-electron chi connectivity index (χ1n) is 8.81. The van der Waals surface area contributed by atoms with Gasteiger partial charge in [0, 0.05) is 17.5 Å². The highest BCUT2D eigenvalue weighted by atomic mass is 19.4. The third kappa shape index (κ3) is 4.49. The maximum Gasteiger partial charge on any atom is 0.471 e. The number of ether oxygens (including phenoxy) is 1. The van der Waals surface area contributed by atoms with Crippen molar-refractivity contribution in [2.45, 2.75) is 39.8 Å². The molecule has 2 aromatic heterocycles. The number of aromatic nitrogens is 3. The molecule has 3 aromatic rings. The van der Waals surface area contributed by atoms with Crippen molar-refractivity contribution in [3.05, 3.63) is 58.7 Å². The molecule has 28 heavy (non-hydrogen) atoms. The van der Waals surface area contributed by atoms with Gasteiger partial charge in [-0.1, -0.05) is 11.2 Å². The van der Waals surface area contributed by atoms with Gasteiger partial charge < -0.3 is 9.26 Å². The summed E-state index contributed by atoms with van der Waals surface area (Å²) in [6, 6.07) is 7.35. The number of hydrogen-bond donors (Lipinski definition) is 0. The zero-order chi connectivity index (χ0) is 20.3. The van der Waals surface area contributed by atoms with Crippen LogP contribution in [0.3, 0.4) is 0 Å². The summed E-state index contributed by atoms with van der Waals surface area (Å²) >= 11 is 0. The van der Waals surface area contributed by atoms with Crippen molar-refractivity contribution >= 4 is 0 Å². The Morgan fingerprint density at radius 2 is 1.82 bits per heavy atom. The number of pyridine rings is 1. The summed E-state index contributed by atoms with van der Waals surface area (Å²) in [6.07, 6.45) is -1.21. The highest BCUT2D eigenvalue weighted by Gasteiger charge is 2.38. The van der Waals surface area contributed by atoms with Gasteiger partial charge in [0.2, 0.25) is 5.82 Å². The number of rotatable bonds is 6. The van der Waals surface area contributed by atoms with Crippen LogP contribution in [-0.2, 0) is 12.6 Å². The average molecular weight is 391 g/mol. The molecule has 0 amide bonds. The Morgan fingerprint density at radius 3 is 2.43 bits per heavy atom. The van der Waals surface area contributed by atoms with Crippen molar-refractivity contribution in [1.29, 1.82) is 0 Å². The molecule has 0 bridgehead atoms. The van der Waals surface area contributed by atoms with Gasteiger partial charge in [0.15, 0.2) is 0 Å². The minimum atomic E-state index is -4.66. The molecule has 0 spiro atoms. The van der Waals surface area contributed by atoms with Crippen LogP contribution in [0.1, 0.15) is 34.7 Å². The molecule has 3 rings (SSSR count). The topological polar surface area (TPSA) is 61.0 Å². The van der Waals surface area contributed by atoms with Crippen LogP contribution in [0.2, 0.25) is 0 Å². The van der Waals surface area contributed by atoms with Crippen molar-refractivity contribution < 1.29 is 22.4 Å². The fourth-order valence-electron chi connectivity index (χ4n) is 2.98. The fraction of sp³-hybridized carbons (Fsp3) is 0.350. The van der Waals surface area contributed by atoms with Crippen LogP contribution in [0.15, 0.2) is 35.0 Å². The van der Waals surface area contributed by atoms with E-state index in [1.54, 1.807) is 18.3 Å². The van der Waals surface area contributed by atoms with E-state index in [0.717, 1.165) is 29.7 Å². The molecule has 0 aliphatic heterocycles. The van der Waals surface area contributed by atoms with Crippen LogP contribution in [-0.4, -0.2) is 21.7 Å². The van der Waals surface area contributed by atoms with E-state index in [-0.39, 0.29) is 5.82 Å². The van der Waals surface area contributed by atoms with Crippen molar-refractivity contribution in [2.24, 2.45) is 0 Å². The standard InChI is InChI=1S/C20H20F3N3O2/c1-12-10-16(18-25-19(28-26-18)20(21,22)23)11-13(2)17(12)27-9-5-7-15-6-4-8-24-14(15)3/h4,6,8,10-11H,5,7,9H2,1-3H3. The molecule has 0 atom stereocenters. The molecule has 0 radical (unpaired) electrons. The zero-order valence-corrected chi connectivity index (χ0v) is 15.8. The number of hydrogen-bond acceptors (Lipinski definition) is 5. The first-order valence-corrected chi connectivity index (χ1v) is 8.81. The molecule has 148 valence electrons. The van der Waals surface area contributed by atoms with E-state index >= 15 is 0 Å². The second-order valence-corrected chi connectivity index (χ2v) is 6.56. The van der Waals surface area contributed by atoms with Crippen molar-refractivity contribution in [1.82, 2.24) is 15.1 Å². The maximum atomic E-state index is 12.6. The van der Waals surface area contributed by atoms with Crippen LogP contribution < -0.4 is 4.74 Å². The third-order valence-corrected chi connectivity index (χ3v) is 4.34. The van der Waals surface area contributed by atoms with Crippen LogP contribution >= 0.6 is 0 Å². The minimum Gasteiger partial charge on any atom is -0.493 e. The number of aryl methyl sites for hydroxylation is 4. The van der Waals surface area contributed by atoms with Crippen LogP contribution in [0.4, 0.5) is 13.2 Å². The van der Waals surface area contributed by atoms with Gasteiger partial charge in [-0.2, -0.15) is 18.2 Å². The predicted octanol–water partition coefficient (Wildman–Crippen LogP) is 5.09. The molecule has 0 fully saturated rings. The first-order chi connectivity index (χ1) is 13.3. The second-order valence-electron chi connectivity index (χ2n) is 6.56. The lowest BCUT2D eigenvalue weighted by Crippen LogP contribution is -2.05. The van der Waals surface area contributed by atoms with Crippen LogP contribution in [0.5, 0.6) is 5.75 Å². The summed E-state index contributed by atoms with van der Waals surface area (Å²) in [7, 11) is 0. The van der Waals surface area contributed by atoms with Gasteiger partial charge in [0.05, 0.1) is 6.61 Å². The summed E-state index contributed by atoms with van der Waals surface area (Å²) in [6.45, 7) is 6.17. The van der Waals surface area contributed by atoms with E-state index < -0.39 is 12.1 Å². The molecule has 2 heterocycles. The maximum absolute atomic E-state index is 12.6. The SMILES string of the molecule is Cc1cc(-c2noc(C(F)(F)F)n2)cc(C)c1OCCCc1cccnc1C. The van der Waals surface area contributed by atoms with Gasteiger partial charge in [-0.05, 0) is 68.5 Å². The van der Waals surface area contributed by atoms with Crippen LogP contribution in [0, 0.1) is 20.8 Å². The lowest BCUT2D eigenvalue weighted by molar-refractivity contribution is -0.159. The van der Waals surface area contributed by atoms with Gasteiger partial charge in [0.1, 0.15) is 5.75 Å². The molecule has 5 nitrogen and oxygen atoms in total. The number of nitrogens with zero attached hydrogens (tertiary/aromatic N) is 3. The van der Waals surface area contributed by atoms with Gasteiger partial charge >= 0.3 is 12.1 Å². The molecule has 1 aromatic carbocycles. The van der Waals surface area contributed by atoms with Gasteiger partial charge in [-0.3, -0.25) is 4.98 Å². The predicted molar refractivity (Wildman–Crippen MR) is 97.0 cm³/mol. The quantitative estimate of drug-likeness (QED) is 0.548. The number of benzene rings is 1. The summed E-state index contributed by atoms with van der Waals surface area (Å²) in [5.41, 5.74) is 4.24. The molecular weight excluding hydrogens is 371 g/mol. The normalized spacial score (nSPS) is 11.6. The lowest BCUT2D eigenvalue weighted by Gasteiger charge is -2.13. The van der Waals surface area contributed by atoms with Crippen molar-refractivity contribution in [3.63, 3.8) is 0 Å². The average Bonchev–Trinajstić information content (AvgIpc) is 3.12. The highest BCUT2D eigenvalue weighted by Crippen LogP contribution is 2.32. The highest BCUT2D eigenvalue weighted by molar-refractivity contribution is 5.61. The molecular formula is C20H20F3N3O2. The Kier molecular flexibility index (Phi) is 5.67. The van der Waals surface area contributed by atoms with Crippen molar-refractivity contribution in [2.75, 3.05) is 6.61 Å². The Morgan fingerprint density at radius 1 is 1.11 bits per heavy atom. The summed E-state index contributed by atoms with van der Waals surface area (Å²) in [5.74, 6) is -0.743. The Hall–Kier alpha value is -2.90. The molecule has 0 saturated carbocycles. The molecule has 0 aliphatic carbocycles. The van der Waals surface area contributed by atoms with E-state index in [2.05, 4.69) is 19.6 Å². The first kappa shape index (κ1) is 19.9. The summed E-state index contributed by atoms with van der Waals surface area (Å²) < 4.78 is 48.1. The molecule has 0 unspecified atom stereocenters. The third-order valence-electron chi connectivity index (χ3n) is 4.34.